The van der Waals surface area contributed by atoms with E-state index in [1.165, 1.54) is 0 Å². The van der Waals surface area contributed by atoms with Crippen molar-refractivity contribution in [2.75, 3.05) is 13.2 Å². The van der Waals surface area contributed by atoms with Gasteiger partial charge in [-0.05, 0) is 167 Å². The molecule has 1 atom stereocenters. The number of hydrogen-bond donors (Lipinski definition) is 0. The number of ether oxygens (including phenoxy) is 3. The molecule has 0 aliphatic carbocycles. The predicted octanol–water partition coefficient (Wildman–Crippen LogP) is 22.0. The minimum absolute atomic E-state index is 0.129. The van der Waals surface area contributed by atoms with Crippen molar-refractivity contribution >= 4 is 17.9 Å². The first-order valence-electron chi connectivity index (χ1n) is 31.6. The van der Waals surface area contributed by atoms with Gasteiger partial charge in [-0.25, -0.2) is 0 Å². The summed E-state index contributed by atoms with van der Waals surface area (Å²) in [5.74, 6) is -1.05. The minimum atomic E-state index is -0.839. The second kappa shape index (κ2) is 66.5. The van der Waals surface area contributed by atoms with Crippen LogP contribution in [0.2, 0.25) is 0 Å². The van der Waals surface area contributed by atoms with Crippen LogP contribution in [0, 0.1) is 0 Å². The number of allylic oxidation sites excluding steroid dienone is 34. The quantitative estimate of drug-likeness (QED) is 0.0261. The molecule has 1 unspecified atom stereocenters. The molecule has 6 heteroatoms. The van der Waals surface area contributed by atoms with Gasteiger partial charge in [0.05, 0.1) is 0 Å². The maximum atomic E-state index is 12.9. The van der Waals surface area contributed by atoms with E-state index in [0.717, 1.165) is 173 Å². The highest BCUT2D eigenvalue weighted by molar-refractivity contribution is 5.71. The molecule has 0 fully saturated rings. The van der Waals surface area contributed by atoms with Crippen LogP contribution in [0.25, 0.3) is 0 Å². The van der Waals surface area contributed by atoms with Crippen LogP contribution in [-0.4, -0.2) is 37.2 Å². The maximum Gasteiger partial charge on any atom is 0.306 e. The number of esters is 3. The Morgan fingerprint density at radius 1 is 0.247 bits per heavy atom. The first-order valence-corrected chi connectivity index (χ1v) is 31.6. The molecule has 0 saturated carbocycles. The summed E-state index contributed by atoms with van der Waals surface area (Å²) in [6.45, 7) is 6.19. The average molecular weight is 1110 g/mol. The smallest absolute Gasteiger partial charge is 0.306 e. The van der Waals surface area contributed by atoms with Crippen molar-refractivity contribution in [2.24, 2.45) is 0 Å². The summed E-state index contributed by atoms with van der Waals surface area (Å²) >= 11 is 0. The van der Waals surface area contributed by atoms with Crippen LogP contribution in [0.1, 0.15) is 226 Å². The maximum absolute atomic E-state index is 12.9. The molecule has 0 radical (unpaired) electrons. The zero-order valence-electron chi connectivity index (χ0n) is 51.2. The van der Waals surface area contributed by atoms with E-state index in [9.17, 15) is 14.4 Å². The van der Waals surface area contributed by atoms with Crippen LogP contribution in [-0.2, 0) is 28.6 Å². The van der Waals surface area contributed by atoms with Gasteiger partial charge in [0.15, 0.2) is 6.10 Å². The molecule has 0 bridgehead atoms. The topological polar surface area (TPSA) is 78.9 Å². The first kappa shape index (κ1) is 75.0. The van der Waals surface area contributed by atoms with E-state index in [2.05, 4.69) is 227 Å². The molecule has 0 amide bonds. The number of rotatable bonds is 54. The van der Waals surface area contributed by atoms with Crippen LogP contribution in [0.5, 0.6) is 0 Å². The Kier molecular flexibility index (Phi) is 61.6. The number of hydrogen-bond acceptors (Lipinski definition) is 6. The summed E-state index contributed by atoms with van der Waals surface area (Å²) in [5, 5.41) is 0. The van der Waals surface area contributed by atoms with Crippen LogP contribution < -0.4 is 0 Å². The first-order chi connectivity index (χ1) is 40.0. The summed E-state index contributed by atoms with van der Waals surface area (Å²) in [4.78, 5) is 38.2. The van der Waals surface area contributed by atoms with Gasteiger partial charge in [0.2, 0.25) is 0 Å². The average Bonchev–Trinajstić information content (AvgIpc) is 3.47. The Balaban J connectivity index is 4.48. The molecule has 0 N–H and O–H groups in total. The van der Waals surface area contributed by atoms with Gasteiger partial charge in [0.25, 0.3) is 0 Å². The van der Waals surface area contributed by atoms with E-state index < -0.39 is 6.10 Å². The van der Waals surface area contributed by atoms with Gasteiger partial charge in [-0.3, -0.25) is 14.4 Å². The lowest BCUT2D eigenvalue weighted by Crippen LogP contribution is -2.30. The number of carbonyl (C=O) groups is 3. The summed E-state index contributed by atoms with van der Waals surface area (Å²) in [6.07, 6.45) is 103. The Hall–Kier alpha value is -6.01. The van der Waals surface area contributed by atoms with Gasteiger partial charge in [-0.2, -0.15) is 0 Å². The second-order valence-electron chi connectivity index (χ2n) is 19.8. The molecule has 448 valence electrons. The Morgan fingerprint density at radius 3 is 0.716 bits per heavy atom. The van der Waals surface area contributed by atoms with Crippen molar-refractivity contribution < 1.29 is 28.6 Å². The molecule has 0 aromatic carbocycles. The van der Waals surface area contributed by atoms with Crippen LogP contribution in [0.4, 0.5) is 0 Å². The van der Waals surface area contributed by atoms with Crippen molar-refractivity contribution in [1.82, 2.24) is 0 Å². The largest absolute Gasteiger partial charge is 0.462 e. The van der Waals surface area contributed by atoms with E-state index >= 15 is 0 Å². The van der Waals surface area contributed by atoms with Crippen LogP contribution >= 0.6 is 0 Å². The van der Waals surface area contributed by atoms with Gasteiger partial charge in [-0.1, -0.05) is 247 Å². The fraction of sp³-hybridized carbons (Fsp3) is 0.507. The highest BCUT2D eigenvalue weighted by Gasteiger charge is 2.19. The highest BCUT2D eigenvalue weighted by atomic mass is 16.6. The van der Waals surface area contributed by atoms with Crippen molar-refractivity contribution in [3.8, 4) is 0 Å². The molecular formula is C75H112O6. The number of unbranched alkanes of at least 4 members (excludes halogenated alkanes) is 9. The van der Waals surface area contributed by atoms with Gasteiger partial charge in [0.1, 0.15) is 13.2 Å². The van der Waals surface area contributed by atoms with Gasteiger partial charge >= 0.3 is 17.9 Å². The third-order valence-corrected chi connectivity index (χ3v) is 12.3. The van der Waals surface area contributed by atoms with E-state index in [4.69, 9.17) is 14.2 Å². The molecule has 6 nitrogen and oxygen atoms in total. The van der Waals surface area contributed by atoms with Gasteiger partial charge in [0, 0.05) is 19.3 Å². The van der Waals surface area contributed by atoms with E-state index in [1.807, 2.05) is 0 Å². The van der Waals surface area contributed by atoms with E-state index in [0.29, 0.717) is 19.3 Å². The Bertz CT molecular complexity index is 2000. The predicted molar refractivity (Wildman–Crippen MR) is 352 cm³/mol. The molecule has 0 rings (SSSR count). The standard InChI is InChI=1S/C75H112O6/c1-4-7-10-13-16-19-22-25-28-29-30-31-32-33-34-35-36-37-38-39-40-41-42-43-44-45-48-50-53-56-59-62-65-68-74(77)80-71-72(81-75(78)69-66-63-60-57-54-51-47-27-24-21-18-15-12-9-6-3)70-79-73(76)67-64-61-58-55-52-49-46-26-23-20-17-14-11-8-5-2/h7-12,16-21,25-28,30-31,33-34,36-37,39-40,42-43,45-48,53-54,56-57,72H,4-6,13-15,22-24,29,32,35,38,41,44,49-52,55,58-71H2,1-3H3/b10-7-,11-8-,12-9-,19-16-,20-17-,21-18-,28-25-,31-30-,34-33-,37-36-,40-39-,43-42-,46-26-,47-27-,48-45-,56-53-,57-54-. The summed E-state index contributed by atoms with van der Waals surface area (Å²) < 4.78 is 16.8. The SMILES string of the molecule is CC/C=C\C/C=C\C/C=C\C/C=C\C/C=C\C/C=C\C/C=C\C/C=C\C/C=C\C/C=C\CCCCC(=O)OCC(COC(=O)CCCCCCC/C=C\C/C=C\C/C=C\CC)OC(=O)CCCC/C=C\C/C=C\C/C=C\C/C=C\CC. The molecule has 0 aliphatic rings. The molecular weight excluding hydrogens is 997 g/mol. The van der Waals surface area contributed by atoms with Gasteiger partial charge < -0.3 is 14.2 Å². The molecule has 0 heterocycles. The summed E-state index contributed by atoms with van der Waals surface area (Å²) in [5.41, 5.74) is 0. The lowest BCUT2D eigenvalue weighted by molar-refractivity contribution is -0.167. The summed E-state index contributed by atoms with van der Waals surface area (Å²) in [6, 6.07) is 0. The van der Waals surface area contributed by atoms with Crippen LogP contribution in [0.15, 0.2) is 207 Å². The Morgan fingerprint density at radius 2 is 0.444 bits per heavy atom. The normalized spacial score (nSPS) is 13.6. The fourth-order valence-electron chi connectivity index (χ4n) is 7.65. The van der Waals surface area contributed by atoms with E-state index in [1.54, 1.807) is 0 Å². The summed E-state index contributed by atoms with van der Waals surface area (Å²) in [7, 11) is 0. The van der Waals surface area contributed by atoms with Crippen molar-refractivity contribution in [2.45, 2.75) is 232 Å². The van der Waals surface area contributed by atoms with Crippen molar-refractivity contribution in [3.05, 3.63) is 207 Å². The van der Waals surface area contributed by atoms with Crippen LogP contribution in [0.3, 0.4) is 0 Å². The van der Waals surface area contributed by atoms with Crippen molar-refractivity contribution in [1.29, 1.82) is 0 Å². The third kappa shape index (κ3) is 64.7. The number of carbonyl (C=O) groups excluding carboxylic acids is 3. The monoisotopic (exact) mass is 1110 g/mol. The third-order valence-electron chi connectivity index (χ3n) is 12.3. The van der Waals surface area contributed by atoms with E-state index in [-0.39, 0.29) is 44.0 Å². The minimum Gasteiger partial charge on any atom is -0.462 e. The fourth-order valence-corrected chi connectivity index (χ4v) is 7.65. The molecule has 0 aliphatic heterocycles. The lowest BCUT2D eigenvalue weighted by atomic mass is 10.1. The zero-order valence-corrected chi connectivity index (χ0v) is 51.2. The lowest BCUT2D eigenvalue weighted by Gasteiger charge is -2.18. The molecule has 0 aromatic heterocycles. The molecule has 0 saturated heterocycles. The van der Waals surface area contributed by atoms with Crippen molar-refractivity contribution in [3.63, 3.8) is 0 Å². The Labute approximate surface area is 496 Å². The molecule has 0 aromatic rings. The molecule has 81 heavy (non-hydrogen) atoms. The van der Waals surface area contributed by atoms with Gasteiger partial charge in [-0.15, -0.1) is 0 Å². The molecule has 0 spiro atoms. The second-order valence-corrected chi connectivity index (χ2v) is 19.8. The zero-order chi connectivity index (χ0) is 58.5. The highest BCUT2D eigenvalue weighted by Crippen LogP contribution is 2.12.